The first kappa shape index (κ1) is 15.3. The average molecular weight is 391 g/mol. The molecule has 4 heteroatoms. The normalized spacial score (nSPS) is 23.4. The molecule has 1 aromatic rings. The van der Waals surface area contributed by atoms with Gasteiger partial charge in [-0.15, -0.1) is 0 Å². The molecule has 1 aromatic carbocycles. The largest absolute Gasteiger partial charge is 0.488 e. The van der Waals surface area contributed by atoms with Gasteiger partial charge in [0.05, 0.1) is 15.0 Å². The van der Waals surface area contributed by atoms with Crippen molar-refractivity contribution in [2.45, 2.75) is 45.1 Å². The van der Waals surface area contributed by atoms with Crippen molar-refractivity contribution < 1.29 is 4.74 Å². The van der Waals surface area contributed by atoms with Gasteiger partial charge in [0, 0.05) is 0 Å². The molecule has 2 atom stereocenters. The molecule has 0 bridgehead atoms. The minimum absolute atomic E-state index is 0.344. The number of rotatable bonds is 4. The Kier molecular flexibility index (Phi) is 5.72. The standard InChI is InChI=1S/C15H21Br2NO/c1-10-3-2-4-12(7-10)19-15-13(16)8-11(5-6-18)9-14(15)17/h8-10,12H,2-7,18H2,1H3. The maximum absolute atomic E-state index is 6.20. The van der Waals surface area contributed by atoms with Crippen LogP contribution in [0, 0.1) is 5.92 Å². The number of benzene rings is 1. The summed E-state index contributed by atoms with van der Waals surface area (Å²) in [6.45, 7) is 2.98. The molecule has 0 saturated heterocycles. The van der Waals surface area contributed by atoms with Crippen LogP contribution < -0.4 is 10.5 Å². The van der Waals surface area contributed by atoms with Crippen molar-refractivity contribution in [1.29, 1.82) is 0 Å². The van der Waals surface area contributed by atoms with E-state index in [1.807, 2.05) is 0 Å². The van der Waals surface area contributed by atoms with Crippen molar-refractivity contribution in [3.05, 3.63) is 26.6 Å². The highest BCUT2D eigenvalue weighted by atomic mass is 79.9. The van der Waals surface area contributed by atoms with Gasteiger partial charge in [0.2, 0.25) is 0 Å². The van der Waals surface area contributed by atoms with Crippen LogP contribution in [0.2, 0.25) is 0 Å². The minimum Gasteiger partial charge on any atom is -0.488 e. The van der Waals surface area contributed by atoms with Crippen LogP contribution in [0.1, 0.15) is 38.2 Å². The molecule has 1 aliphatic carbocycles. The summed E-state index contributed by atoms with van der Waals surface area (Å²) in [6.07, 6.45) is 6.15. The molecule has 1 aliphatic rings. The monoisotopic (exact) mass is 389 g/mol. The first-order valence-corrected chi connectivity index (χ1v) is 8.53. The van der Waals surface area contributed by atoms with Gasteiger partial charge in [-0.25, -0.2) is 0 Å². The number of nitrogens with two attached hydrogens (primary N) is 1. The van der Waals surface area contributed by atoms with Gasteiger partial charge in [-0.3, -0.25) is 0 Å². The van der Waals surface area contributed by atoms with E-state index >= 15 is 0 Å². The van der Waals surface area contributed by atoms with Gasteiger partial charge in [0.15, 0.2) is 0 Å². The predicted molar refractivity (Wildman–Crippen MR) is 86.6 cm³/mol. The molecule has 2 rings (SSSR count). The van der Waals surface area contributed by atoms with Gasteiger partial charge >= 0.3 is 0 Å². The van der Waals surface area contributed by atoms with E-state index in [-0.39, 0.29) is 0 Å². The zero-order chi connectivity index (χ0) is 13.8. The van der Waals surface area contributed by atoms with Gasteiger partial charge < -0.3 is 10.5 Å². The fraction of sp³-hybridized carbons (Fsp3) is 0.600. The lowest BCUT2D eigenvalue weighted by molar-refractivity contribution is 0.127. The first-order chi connectivity index (χ1) is 9.10. The van der Waals surface area contributed by atoms with Crippen LogP contribution >= 0.6 is 31.9 Å². The predicted octanol–water partition coefficient (Wildman–Crippen LogP) is 4.67. The van der Waals surface area contributed by atoms with Gasteiger partial charge in [-0.2, -0.15) is 0 Å². The smallest absolute Gasteiger partial charge is 0.148 e. The summed E-state index contributed by atoms with van der Waals surface area (Å²) in [5.74, 6) is 1.70. The van der Waals surface area contributed by atoms with Crippen molar-refractivity contribution >= 4 is 31.9 Å². The highest BCUT2D eigenvalue weighted by molar-refractivity contribution is 9.11. The molecule has 0 aliphatic heterocycles. The second-order valence-corrected chi connectivity index (χ2v) is 7.15. The van der Waals surface area contributed by atoms with Crippen LogP contribution in [0.15, 0.2) is 21.1 Å². The van der Waals surface area contributed by atoms with Crippen LogP contribution in [0.5, 0.6) is 5.75 Å². The van der Waals surface area contributed by atoms with E-state index in [2.05, 4.69) is 50.9 Å². The molecule has 2 nitrogen and oxygen atoms in total. The topological polar surface area (TPSA) is 35.2 Å². The molecule has 0 amide bonds. The summed E-state index contributed by atoms with van der Waals surface area (Å²) in [5.41, 5.74) is 6.83. The summed E-state index contributed by atoms with van der Waals surface area (Å²) in [6, 6.07) is 4.22. The molecule has 2 unspecified atom stereocenters. The van der Waals surface area contributed by atoms with Crippen molar-refractivity contribution in [3.63, 3.8) is 0 Å². The summed E-state index contributed by atoms with van der Waals surface area (Å²) >= 11 is 7.23. The summed E-state index contributed by atoms with van der Waals surface area (Å²) in [4.78, 5) is 0. The van der Waals surface area contributed by atoms with E-state index < -0.39 is 0 Å². The number of ether oxygens (including phenoxy) is 1. The van der Waals surface area contributed by atoms with Gasteiger partial charge in [0.25, 0.3) is 0 Å². The van der Waals surface area contributed by atoms with E-state index in [0.717, 1.165) is 39.9 Å². The highest BCUT2D eigenvalue weighted by Crippen LogP contribution is 2.37. The Balaban J connectivity index is 2.11. The quantitative estimate of drug-likeness (QED) is 0.810. The molecule has 1 saturated carbocycles. The Morgan fingerprint density at radius 3 is 2.53 bits per heavy atom. The number of hydrogen-bond donors (Lipinski definition) is 1. The fourth-order valence-corrected chi connectivity index (χ4v) is 4.16. The van der Waals surface area contributed by atoms with Crippen molar-refractivity contribution in [2.24, 2.45) is 11.7 Å². The molecular formula is C15H21Br2NO. The fourth-order valence-electron chi connectivity index (χ4n) is 2.69. The third-order valence-electron chi connectivity index (χ3n) is 3.66. The summed E-state index contributed by atoms with van der Waals surface area (Å²) in [7, 11) is 0. The summed E-state index contributed by atoms with van der Waals surface area (Å²) in [5, 5.41) is 0. The summed E-state index contributed by atoms with van der Waals surface area (Å²) < 4.78 is 8.23. The molecule has 1 fully saturated rings. The lowest BCUT2D eigenvalue weighted by atomic mass is 9.89. The van der Waals surface area contributed by atoms with Crippen LogP contribution in [0.3, 0.4) is 0 Å². The zero-order valence-corrected chi connectivity index (χ0v) is 14.5. The van der Waals surface area contributed by atoms with Crippen LogP contribution in [-0.4, -0.2) is 12.6 Å². The average Bonchev–Trinajstić information content (AvgIpc) is 2.34. The van der Waals surface area contributed by atoms with E-state index in [0.29, 0.717) is 12.6 Å². The maximum atomic E-state index is 6.20. The Morgan fingerprint density at radius 2 is 1.95 bits per heavy atom. The molecule has 0 heterocycles. The van der Waals surface area contributed by atoms with Crippen LogP contribution in [-0.2, 0) is 6.42 Å². The number of hydrogen-bond acceptors (Lipinski definition) is 2. The lowest BCUT2D eigenvalue weighted by Crippen LogP contribution is -2.24. The van der Waals surface area contributed by atoms with E-state index in [4.69, 9.17) is 10.5 Å². The molecular weight excluding hydrogens is 370 g/mol. The van der Waals surface area contributed by atoms with Gasteiger partial charge in [0.1, 0.15) is 5.75 Å². The van der Waals surface area contributed by atoms with Gasteiger partial charge in [-0.05, 0) is 87.7 Å². The van der Waals surface area contributed by atoms with E-state index in [9.17, 15) is 0 Å². The molecule has 2 N–H and O–H groups in total. The molecule has 106 valence electrons. The van der Waals surface area contributed by atoms with E-state index in [1.165, 1.54) is 18.4 Å². The zero-order valence-electron chi connectivity index (χ0n) is 11.3. The molecule has 0 spiro atoms. The first-order valence-electron chi connectivity index (χ1n) is 6.94. The molecule has 0 radical (unpaired) electrons. The van der Waals surface area contributed by atoms with Crippen molar-refractivity contribution in [3.8, 4) is 5.75 Å². The molecule has 19 heavy (non-hydrogen) atoms. The van der Waals surface area contributed by atoms with Crippen molar-refractivity contribution in [1.82, 2.24) is 0 Å². The van der Waals surface area contributed by atoms with E-state index in [1.54, 1.807) is 0 Å². The second kappa shape index (κ2) is 7.09. The van der Waals surface area contributed by atoms with Gasteiger partial charge in [-0.1, -0.05) is 13.3 Å². The van der Waals surface area contributed by atoms with Crippen LogP contribution in [0.4, 0.5) is 0 Å². The Labute approximate surface area is 132 Å². The Bertz CT molecular complexity index is 413. The third-order valence-corrected chi connectivity index (χ3v) is 4.84. The maximum Gasteiger partial charge on any atom is 0.148 e. The molecule has 0 aromatic heterocycles. The van der Waals surface area contributed by atoms with Crippen molar-refractivity contribution in [2.75, 3.05) is 6.54 Å². The SMILES string of the molecule is CC1CCCC(Oc2c(Br)cc(CCN)cc2Br)C1. The lowest BCUT2D eigenvalue weighted by Gasteiger charge is -2.28. The Hall–Kier alpha value is -0.0600. The number of halogens is 2. The minimum atomic E-state index is 0.344. The van der Waals surface area contributed by atoms with Crippen LogP contribution in [0.25, 0.3) is 0 Å². The third kappa shape index (κ3) is 4.20. The Morgan fingerprint density at radius 1 is 1.26 bits per heavy atom. The highest BCUT2D eigenvalue weighted by Gasteiger charge is 2.22. The second-order valence-electron chi connectivity index (χ2n) is 5.44.